The van der Waals surface area contributed by atoms with Gasteiger partial charge in [-0.2, -0.15) is 0 Å². The van der Waals surface area contributed by atoms with Gasteiger partial charge in [-0.1, -0.05) is 19.1 Å². The summed E-state index contributed by atoms with van der Waals surface area (Å²) in [5.41, 5.74) is 1.76. The molecule has 0 fully saturated rings. The van der Waals surface area contributed by atoms with Crippen LogP contribution in [-0.2, 0) is 6.54 Å². The van der Waals surface area contributed by atoms with Crippen LogP contribution < -0.4 is 24.8 Å². The minimum Gasteiger partial charge on any atom is -0.497 e. The summed E-state index contributed by atoms with van der Waals surface area (Å²) in [6.07, 6.45) is 0.375. The monoisotopic (exact) mass is 344 g/mol. The number of rotatable bonds is 8. The van der Waals surface area contributed by atoms with Crippen LogP contribution in [0.3, 0.4) is 0 Å². The number of carbonyl (C=O) groups excluding carboxylic acids is 1. The summed E-state index contributed by atoms with van der Waals surface area (Å²) in [5, 5.41) is 5.97. The molecule has 0 saturated carbocycles. The van der Waals surface area contributed by atoms with Gasteiger partial charge >= 0.3 is 6.09 Å². The second-order valence-electron chi connectivity index (χ2n) is 5.38. The summed E-state index contributed by atoms with van der Waals surface area (Å²) >= 11 is 0. The molecule has 6 heteroatoms. The number of hydrogen-bond acceptors (Lipinski definition) is 5. The average molecular weight is 344 g/mol. The highest BCUT2D eigenvalue weighted by molar-refractivity contribution is 5.74. The van der Waals surface area contributed by atoms with E-state index in [1.165, 1.54) is 0 Å². The van der Waals surface area contributed by atoms with Crippen LogP contribution in [0.25, 0.3) is 0 Å². The molecule has 0 aromatic heterocycles. The molecule has 0 saturated heterocycles. The van der Waals surface area contributed by atoms with E-state index in [1.807, 2.05) is 31.2 Å². The van der Waals surface area contributed by atoms with E-state index >= 15 is 0 Å². The summed E-state index contributed by atoms with van der Waals surface area (Å²) in [4.78, 5) is 11.8. The number of ether oxygens (including phenoxy) is 3. The first-order valence-electron chi connectivity index (χ1n) is 8.16. The van der Waals surface area contributed by atoms with Crippen molar-refractivity contribution >= 4 is 11.8 Å². The summed E-state index contributed by atoms with van der Waals surface area (Å²) in [5.74, 6) is 1.93. The normalized spacial score (nSPS) is 10.0. The lowest BCUT2D eigenvalue weighted by Gasteiger charge is -2.14. The van der Waals surface area contributed by atoms with Gasteiger partial charge in [0.15, 0.2) is 5.75 Å². The lowest BCUT2D eigenvalue weighted by molar-refractivity contribution is 0.200. The second kappa shape index (κ2) is 9.42. The van der Waals surface area contributed by atoms with Gasteiger partial charge in [0.05, 0.1) is 19.9 Å². The molecule has 2 rings (SSSR count). The van der Waals surface area contributed by atoms with Crippen LogP contribution in [0.2, 0.25) is 0 Å². The van der Waals surface area contributed by atoms with Crippen molar-refractivity contribution in [1.82, 2.24) is 5.32 Å². The molecule has 0 aliphatic carbocycles. The number of amides is 1. The molecule has 25 heavy (non-hydrogen) atoms. The Hall–Kier alpha value is -2.89. The minimum absolute atomic E-state index is 0.447. The van der Waals surface area contributed by atoms with Crippen molar-refractivity contribution in [1.29, 1.82) is 0 Å². The topological polar surface area (TPSA) is 68.8 Å². The molecule has 2 aromatic carbocycles. The van der Waals surface area contributed by atoms with Crippen LogP contribution in [0.5, 0.6) is 17.2 Å². The molecule has 0 unspecified atom stereocenters. The third-order valence-corrected chi connectivity index (χ3v) is 3.55. The Bertz CT molecular complexity index is 686. The molecule has 0 aliphatic rings. The van der Waals surface area contributed by atoms with Crippen LogP contribution >= 0.6 is 0 Å². The highest BCUT2D eigenvalue weighted by Crippen LogP contribution is 2.30. The van der Waals surface area contributed by atoms with E-state index in [-0.39, 0.29) is 0 Å². The fourth-order valence-corrected chi connectivity index (χ4v) is 2.17. The third kappa shape index (κ3) is 5.60. The van der Waals surface area contributed by atoms with E-state index in [2.05, 4.69) is 10.6 Å². The molecule has 1 amide bonds. The van der Waals surface area contributed by atoms with Gasteiger partial charge in [0.25, 0.3) is 0 Å². The molecule has 2 aromatic rings. The number of carbonyl (C=O) groups is 1. The molecule has 0 spiro atoms. The van der Waals surface area contributed by atoms with Crippen molar-refractivity contribution in [3.05, 3.63) is 48.0 Å². The Labute approximate surface area is 148 Å². The van der Waals surface area contributed by atoms with E-state index < -0.39 is 6.09 Å². The van der Waals surface area contributed by atoms with E-state index in [4.69, 9.17) is 14.2 Å². The number of methoxy groups -OCH3 is 2. The van der Waals surface area contributed by atoms with Gasteiger partial charge in [-0.05, 0) is 36.2 Å². The van der Waals surface area contributed by atoms with Gasteiger partial charge in [0, 0.05) is 19.2 Å². The van der Waals surface area contributed by atoms with Crippen molar-refractivity contribution in [2.24, 2.45) is 0 Å². The summed E-state index contributed by atoms with van der Waals surface area (Å²) < 4.78 is 15.8. The van der Waals surface area contributed by atoms with Crippen LogP contribution in [0.4, 0.5) is 10.5 Å². The fourth-order valence-electron chi connectivity index (χ4n) is 2.17. The third-order valence-electron chi connectivity index (χ3n) is 3.55. The van der Waals surface area contributed by atoms with Crippen molar-refractivity contribution < 1.29 is 19.0 Å². The molecular weight excluding hydrogens is 320 g/mol. The standard InChI is InChI=1S/C19H24N2O4/c1-4-11-20-19(22)25-18-10-9-16(24-3)12-17(18)21-13-14-5-7-15(23-2)8-6-14/h5-10,12,21H,4,11,13H2,1-3H3,(H,20,22). The SMILES string of the molecule is CCCNC(=O)Oc1ccc(OC)cc1NCc1ccc(OC)cc1. The van der Waals surface area contributed by atoms with E-state index in [0.717, 1.165) is 17.7 Å². The highest BCUT2D eigenvalue weighted by atomic mass is 16.6. The van der Waals surface area contributed by atoms with Crippen LogP contribution in [0.1, 0.15) is 18.9 Å². The average Bonchev–Trinajstić information content (AvgIpc) is 2.66. The molecule has 6 nitrogen and oxygen atoms in total. The Morgan fingerprint density at radius 2 is 1.68 bits per heavy atom. The summed E-state index contributed by atoms with van der Waals surface area (Å²) in [7, 11) is 3.23. The number of nitrogens with one attached hydrogen (secondary N) is 2. The Balaban J connectivity index is 2.08. The maximum Gasteiger partial charge on any atom is 0.412 e. The predicted molar refractivity (Wildman–Crippen MR) is 97.6 cm³/mol. The van der Waals surface area contributed by atoms with Gasteiger partial charge in [-0.3, -0.25) is 0 Å². The molecule has 0 heterocycles. The summed E-state index contributed by atoms with van der Waals surface area (Å²) in [6.45, 7) is 3.13. The maximum atomic E-state index is 11.8. The molecule has 0 atom stereocenters. The molecule has 0 radical (unpaired) electrons. The lowest BCUT2D eigenvalue weighted by Crippen LogP contribution is -2.27. The van der Waals surface area contributed by atoms with E-state index in [9.17, 15) is 4.79 Å². The van der Waals surface area contributed by atoms with Gasteiger partial charge in [0.2, 0.25) is 0 Å². The first-order chi connectivity index (χ1) is 12.2. The quantitative estimate of drug-likeness (QED) is 0.762. The Kier molecular flexibility index (Phi) is 6.95. The number of hydrogen-bond donors (Lipinski definition) is 2. The predicted octanol–water partition coefficient (Wildman–Crippen LogP) is 3.81. The minimum atomic E-state index is -0.473. The number of benzene rings is 2. The second-order valence-corrected chi connectivity index (χ2v) is 5.38. The largest absolute Gasteiger partial charge is 0.497 e. The van der Waals surface area contributed by atoms with Gasteiger partial charge in [-0.25, -0.2) is 4.79 Å². The molecule has 0 aliphatic heterocycles. The number of anilines is 1. The van der Waals surface area contributed by atoms with Crippen molar-refractivity contribution in [3.63, 3.8) is 0 Å². The van der Waals surface area contributed by atoms with Crippen molar-refractivity contribution in [2.75, 3.05) is 26.1 Å². The van der Waals surface area contributed by atoms with Crippen LogP contribution in [0.15, 0.2) is 42.5 Å². The zero-order valence-electron chi connectivity index (χ0n) is 14.8. The Morgan fingerprint density at radius 3 is 2.32 bits per heavy atom. The molecular formula is C19H24N2O4. The molecule has 134 valence electrons. The van der Waals surface area contributed by atoms with Crippen molar-refractivity contribution in [2.45, 2.75) is 19.9 Å². The zero-order chi connectivity index (χ0) is 18.1. The first kappa shape index (κ1) is 18.4. The Morgan fingerprint density at radius 1 is 1.00 bits per heavy atom. The lowest BCUT2D eigenvalue weighted by atomic mass is 10.2. The fraction of sp³-hybridized carbons (Fsp3) is 0.316. The van der Waals surface area contributed by atoms with Crippen LogP contribution in [0, 0.1) is 0 Å². The molecule has 2 N–H and O–H groups in total. The maximum absolute atomic E-state index is 11.8. The smallest absolute Gasteiger partial charge is 0.412 e. The van der Waals surface area contributed by atoms with Gasteiger partial charge < -0.3 is 24.8 Å². The highest BCUT2D eigenvalue weighted by Gasteiger charge is 2.10. The van der Waals surface area contributed by atoms with Gasteiger partial charge in [-0.15, -0.1) is 0 Å². The van der Waals surface area contributed by atoms with Crippen LogP contribution in [-0.4, -0.2) is 26.9 Å². The van der Waals surface area contributed by atoms with Gasteiger partial charge in [0.1, 0.15) is 11.5 Å². The van der Waals surface area contributed by atoms with E-state index in [0.29, 0.717) is 30.3 Å². The molecule has 0 bridgehead atoms. The zero-order valence-corrected chi connectivity index (χ0v) is 14.8. The summed E-state index contributed by atoms with van der Waals surface area (Å²) in [6, 6.07) is 13.0. The van der Waals surface area contributed by atoms with E-state index in [1.54, 1.807) is 32.4 Å². The first-order valence-corrected chi connectivity index (χ1v) is 8.16. The van der Waals surface area contributed by atoms with Crippen molar-refractivity contribution in [3.8, 4) is 17.2 Å².